The van der Waals surface area contributed by atoms with Gasteiger partial charge in [0.05, 0.1) is 13.1 Å². The van der Waals surface area contributed by atoms with E-state index in [1.807, 2.05) is 11.4 Å². The predicted molar refractivity (Wildman–Crippen MR) is 85.2 cm³/mol. The van der Waals surface area contributed by atoms with Crippen molar-refractivity contribution in [1.29, 1.82) is 0 Å². The number of thiophene rings is 2. The number of carbonyl (C=O) groups is 1. The third-order valence-electron chi connectivity index (χ3n) is 2.84. The topological polar surface area (TPSA) is 55.1 Å². The van der Waals surface area contributed by atoms with E-state index in [0.717, 1.165) is 5.56 Å². The molecule has 0 unspecified atom stereocenters. The maximum atomic E-state index is 12.2. The van der Waals surface area contributed by atoms with Gasteiger partial charge in [0, 0.05) is 15.3 Å². The van der Waals surface area contributed by atoms with Crippen molar-refractivity contribution in [3.63, 3.8) is 0 Å². The summed E-state index contributed by atoms with van der Waals surface area (Å²) in [5.74, 6) is 5.62. The van der Waals surface area contributed by atoms with Crippen LogP contribution in [0.1, 0.15) is 30.6 Å². The Morgan fingerprint density at radius 2 is 2.25 bits per heavy atom. The molecule has 104 valence electrons. The van der Waals surface area contributed by atoms with Crippen LogP contribution in [-0.4, -0.2) is 12.5 Å². The molecular formula is C15H16N2OS2. The predicted octanol–water partition coefficient (Wildman–Crippen LogP) is 2.67. The molecule has 2 heterocycles. The first-order valence-corrected chi connectivity index (χ1v) is 7.92. The number of amides is 1. The molecule has 2 aromatic rings. The number of nitrogens with one attached hydrogen (secondary N) is 1. The second-order valence-electron chi connectivity index (χ2n) is 4.30. The van der Waals surface area contributed by atoms with E-state index in [1.54, 1.807) is 11.3 Å². The average Bonchev–Trinajstić information content (AvgIpc) is 3.01. The van der Waals surface area contributed by atoms with Crippen LogP contribution in [0, 0.1) is 25.7 Å². The van der Waals surface area contributed by atoms with Crippen LogP contribution in [0.4, 0.5) is 0 Å². The lowest BCUT2D eigenvalue weighted by Crippen LogP contribution is -2.22. The molecule has 0 aliphatic heterocycles. The minimum atomic E-state index is -0.0787. The Bertz CT molecular complexity index is 654. The molecule has 0 aliphatic carbocycles. The fraction of sp³-hybridized carbons (Fsp3) is 0.267. The zero-order valence-corrected chi connectivity index (χ0v) is 13.1. The summed E-state index contributed by atoms with van der Waals surface area (Å²) in [5.41, 5.74) is 7.37. The second-order valence-corrected chi connectivity index (χ2v) is 6.56. The van der Waals surface area contributed by atoms with Crippen molar-refractivity contribution < 1.29 is 4.79 Å². The number of hydrogen-bond donors (Lipinski definition) is 2. The van der Waals surface area contributed by atoms with E-state index in [1.165, 1.54) is 26.7 Å². The molecule has 2 aromatic heterocycles. The highest BCUT2D eigenvalue weighted by atomic mass is 32.1. The first kappa shape index (κ1) is 14.8. The van der Waals surface area contributed by atoms with Gasteiger partial charge in [0.25, 0.3) is 5.91 Å². The molecule has 0 aromatic carbocycles. The van der Waals surface area contributed by atoms with Crippen LogP contribution in [0.2, 0.25) is 0 Å². The second kappa shape index (κ2) is 6.71. The minimum absolute atomic E-state index is 0.0787. The summed E-state index contributed by atoms with van der Waals surface area (Å²) in [4.78, 5) is 15.3. The van der Waals surface area contributed by atoms with Gasteiger partial charge in [-0.1, -0.05) is 11.8 Å². The number of carbonyl (C=O) groups excluding carboxylic acids is 1. The molecule has 0 atom stereocenters. The molecule has 0 spiro atoms. The van der Waals surface area contributed by atoms with Gasteiger partial charge in [-0.2, -0.15) is 0 Å². The third-order valence-corrected chi connectivity index (χ3v) is 4.90. The fourth-order valence-electron chi connectivity index (χ4n) is 1.71. The number of aryl methyl sites for hydroxylation is 2. The number of nitrogens with two attached hydrogens (primary N) is 1. The summed E-state index contributed by atoms with van der Waals surface area (Å²) in [5, 5.41) is 4.81. The summed E-state index contributed by atoms with van der Waals surface area (Å²) in [7, 11) is 0. The lowest BCUT2D eigenvalue weighted by Gasteiger charge is -2.02. The zero-order valence-electron chi connectivity index (χ0n) is 11.4. The number of hydrogen-bond acceptors (Lipinski definition) is 4. The summed E-state index contributed by atoms with van der Waals surface area (Å²) in [6, 6.07) is 3.96. The highest BCUT2D eigenvalue weighted by Gasteiger charge is 2.12. The Kier molecular flexibility index (Phi) is 4.96. The molecule has 0 saturated carbocycles. The molecular weight excluding hydrogens is 288 g/mol. The molecule has 0 bridgehead atoms. The molecule has 5 heteroatoms. The Hall–Kier alpha value is -1.61. The first-order valence-electron chi connectivity index (χ1n) is 6.22. The molecule has 20 heavy (non-hydrogen) atoms. The van der Waals surface area contributed by atoms with Crippen molar-refractivity contribution in [2.24, 2.45) is 5.73 Å². The largest absolute Gasteiger partial charge is 0.346 e. The van der Waals surface area contributed by atoms with E-state index in [2.05, 4.69) is 37.1 Å². The standard InChI is InChI=1S/C15H16N2OS2/c1-10-8-13(20-11(10)2)9-17-15(18)14-12(4-3-6-16)5-7-19-14/h5,7-8H,6,9,16H2,1-2H3,(H,17,18). The smallest absolute Gasteiger partial charge is 0.262 e. The van der Waals surface area contributed by atoms with Crippen LogP contribution in [-0.2, 0) is 6.54 Å². The molecule has 1 amide bonds. The zero-order chi connectivity index (χ0) is 14.5. The molecule has 3 nitrogen and oxygen atoms in total. The molecule has 0 saturated heterocycles. The van der Waals surface area contributed by atoms with Crippen LogP contribution in [0.15, 0.2) is 17.5 Å². The van der Waals surface area contributed by atoms with Gasteiger partial charge in [-0.05, 0) is 36.9 Å². The Labute approximate surface area is 126 Å². The van der Waals surface area contributed by atoms with Crippen molar-refractivity contribution >= 4 is 28.6 Å². The third kappa shape index (κ3) is 3.48. The van der Waals surface area contributed by atoms with E-state index in [0.29, 0.717) is 18.0 Å². The monoisotopic (exact) mass is 304 g/mol. The van der Waals surface area contributed by atoms with Crippen molar-refractivity contribution in [2.45, 2.75) is 20.4 Å². The van der Waals surface area contributed by atoms with Crippen molar-refractivity contribution in [1.82, 2.24) is 5.32 Å². The Morgan fingerprint density at radius 3 is 2.90 bits per heavy atom. The van der Waals surface area contributed by atoms with Crippen molar-refractivity contribution in [3.8, 4) is 11.8 Å². The van der Waals surface area contributed by atoms with E-state index in [-0.39, 0.29) is 5.91 Å². The van der Waals surface area contributed by atoms with Crippen LogP contribution in [0.25, 0.3) is 0 Å². The maximum Gasteiger partial charge on any atom is 0.262 e. The summed E-state index contributed by atoms with van der Waals surface area (Å²) in [6.45, 7) is 5.02. The maximum absolute atomic E-state index is 12.2. The lowest BCUT2D eigenvalue weighted by molar-refractivity contribution is 0.0955. The quantitative estimate of drug-likeness (QED) is 0.857. The lowest BCUT2D eigenvalue weighted by atomic mass is 10.2. The van der Waals surface area contributed by atoms with Gasteiger partial charge in [-0.25, -0.2) is 0 Å². The molecule has 2 rings (SSSR count). The van der Waals surface area contributed by atoms with Crippen molar-refractivity contribution in [2.75, 3.05) is 6.54 Å². The van der Waals surface area contributed by atoms with Gasteiger partial charge < -0.3 is 11.1 Å². The van der Waals surface area contributed by atoms with Gasteiger partial charge in [-0.3, -0.25) is 4.79 Å². The summed E-state index contributed by atoms with van der Waals surface area (Å²) in [6.07, 6.45) is 0. The normalized spacial score (nSPS) is 9.95. The SMILES string of the molecule is Cc1cc(CNC(=O)c2sccc2C#CCN)sc1C. The molecule has 0 radical (unpaired) electrons. The van der Waals surface area contributed by atoms with Gasteiger partial charge in [-0.15, -0.1) is 22.7 Å². The van der Waals surface area contributed by atoms with Crippen LogP contribution in [0.5, 0.6) is 0 Å². The first-order chi connectivity index (χ1) is 9.61. The molecule has 0 aliphatic rings. The van der Waals surface area contributed by atoms with E-state index in [9.17, 15) is 4.79 Å². The Balaban J connectivity index is 2.03. The molecule has 0 fully saturated rings. The van der Waals surface area contributed by atoms with E-state index in [4.69, 9.17) is 5.73 Å². The van der Waals surface area contributed by atoms with Gasteiger partial charge in [0.15, 0.2) is 0 Å². The van der Waals surface area contributed by atoms with E-state index < -0.39 is 0 Å². The van der Waals surface area contributed by atoms with Crippen molar-refractivity contribution in [3.05, 3.63) is 43.3 Å². The van der Waals surface area contributed by atoms with Gasteiger partial charge >= 0.3 is 0 Å². The molecule has 3 N–H and O–H groups in total. The Morgan fingerprint density at radius 1 is 1.45 bits per heavy atom. The average molecular weight is 304 g/mol. The number of rotatable bonds is 3. The van der Waals surface area contributed by atoms with Gasteiger partial charge in [0.2, 0.25) is 0 Å². The highest BCUT2D eigenvalue weighted by molar-refractivity contribution is 7.12. The fourth-order valence-corrected chi connectivity index (χ4v) is 3.47. The summed E-state index contributed by atoms with van der Waals surface area (Å²) < 4.78 is 0. The van der Waals surface area contributed by atoms with Crippen LogP contribution >= 0.6 is 22.7 Å². The minimum Gasteiger partial charge on any atom is -0.346 e. The van der Waals surface area contributed by atoms with Crippen LogP contribution in [0.3, 0.4) is 0 Å². The van der Waals surface area contributed by atoms with Crippen LogP contribution < -0.4 is 11.1 Å². The van der Waals surface area contributed by atoms with Gasteiger partial charge in [0.1, 0.15) is 4.88 Å². The summed E-state index contributed by atoms with van der Waals surface area (Å²) >= 11 is 3.12. The van der Waals surface area contributed by atoms with E-state index >= 15 is 0 Å². The highest BCUT2D eigenvalue weighted by Crippen LogP contribution is 2.21.